The number of nitrogens with zero attached hydrogens (tertiary/aromatic N) is 2. The number of amides is 2. The van der Waals surface area contributed by atoms with E-state index in [1.54, 1.807) is 12.1 Å². The molecule has 1 saturated heterocycles. The molecule has 2 amide bonds. The highest BCUT2D eigenvalue weighted by molar-refractivity contribution is 6.30. The number of hydrogen-bond acceptors (Lipinski definition) is 2. The van der Waals surface area contributed by atoms with Crippen molar-refractivity contribution >= 4 is 23.4 Å². The fourth-order valence-electron chi connectivity index (χ4n) is 3.09. The number of piperazine rings is 1. The quantitative estimate of drug-likeness (QED) is 0.829. The molecule has 5 heteroatoms. The van der Waals surface area contributed by atoms with Gasteiger partial charge in [-0.2, -0.15) is 0 Å². The van der Waals surface area contributed by atoms with E-state index in [2.05, 4.69) is 0 Å². The molecular weight excluding hydrogens is 348 g/mol. The van der Waals surface area contributed by atoms with Crippen LogP contribution < -0.4 is 0 Å². The second-order valence-electron chi connectivity index (χ2n) is 6.73. The largest absolute Gasteiger partial charge is 0.339 e. The van der Waals surface area contributed by atoms with Gasteiger partial charge in [0.1, 0.15) is 0 Å². The van der Waals surface area contributed by atoms with Crippen molar-refractivity contribution in [2.24, 2.45) is 0 Å². The van der Waals surface area contributed by atoms with Gasteiger partial charge in [0, 0.05) is 31.2 Å². The summed E-state index contributed by atoms with van der Waals surface area (Å²) in [4.78, 5) is 28.6. The Kier molecular flexibility index (Phi) is 5.94. The summed E-state index contributed by atoms with van der Waals surface area (Å²) >= 11 is 5.88. The van der Waals surface area contributed by atoms with Crippen molar-refractivity contribution in [2.45, 2.75) is 19.8 Å². The molecule has 1 fully saturated rings. The third kappa shape index (κ3) is 4.85. The molecule has 1 aliphatic heterocycles. The SMILES string of the molecule is Cc1ccc(CC(=O)N2CCN(C(=O)Cc3ccc(Cl)cc3)CC2)cc1. The summed E-state index contributed by atoms with van der Waals surface area (Å²) in [6.07, 6.45) is 0.785. The molecule has 0 bridgehead atoms. The van der Waals surface area contributed by atoms with Gasteiger partial charge in [0.2, 0.25) is 11.8 Å². The van der Waals surface area contributed by atoms with Crippen LogP contribution in [-0.2, 0) is 22.4 Å². The summed E-state index contributed by atoms with van der Waals surface area (Å²) < 4.78 is 0. The minimum atomic E-state index is 0.0953. The predicted octanol–water partition coefficient (Wildman–Crippen LogP) is 3.10. The van der Waals surface area contributed by atoms with Crippen molar-refractivity contribution in [1.82, 2.24) is 9.80 Å². The van der Waals surface area contributed by atoms with Crippen molar-refractivity contribution in [1.29, 1.82) is 0 Å². The van der Waals surface area contributed by atoms with E-state index in [0.717, 1.165) is 11.1 Å². The maximum Gasteiger partial charge on any atom is 0.227 e. The van der Waals surface area contributed by atoms with Crippen LogP contribution in [0, 0.1) is 6.92 Å². The third-order valence-electron chi connectivity index (χ3n) is 4.73. The van der Waals surface area contributed by atoms with E-state index in [1.807, 2.05) is 53.1 Å². The minimum absolute atomic E-state index is 0.0953. The molecule has 0 saturated carbocycles. The molecule has 0 aliphatic carbocycles. The maximum absolute atomic E-state index is 12.5. The van der Waals surface area contributed by atoms with Crippen molar-refractivity contribution < 1.29 is 9.59 Å². The van der Waals surface area contributed by atoms with Crippen LogP contribution in [0.3, 0.4) is 0 Å². The van der Waals surface area contributed by atoms with E-state index in [1.165, 1.54) is 5.56 Å². The zero-order valence-corrected chi connectivity index (χ0v) is 15.7. The third-order valence-corrected chi connectivity index (χ3v) is 4.98. The Labute approximate surface area is 159 Å². The van der Waals surface area contributed by atoms with Crippen LogP contribution in [0.5, 0.6) is 0 Å². The molecule has 0 aromatic heterocycles. The van der Waals surface area contributed by atoms with Crippen LogP contribution in [0.1, 0.15) is 16.7 Å². The summed E-state index contributed by atoms with van der Waals surface area (Å²) in [5.74, 6) is 0.219. The molecule has 2 aromatic carbocycles. The zero-order chi connectivity index (χ0) is 18.5. The lowest BCUT2D eigenvalue weighted by Crippen LogP contribution is -2.51. The number of aryl methyl sites for hydroxylation is 1. The summed E-state index contributed by atoms with van der Waals surface area (Å²) in [5, 5.41) is 0.668. The van der Waals surface area contributed by atoms with Gasteiger partial charge in [-0.15, -0.1) is 0 Å². The van der Waals surface area contributed by atoms with E-state index in [-0.39, 0.29) is 11.8 Å². The van der Waals surface area contributed by atoms with Gasteiger partial charge in [-0.05, 0) is 30.2 Å². The number of carbonyl (C=O) groups excluding carboxylic acids is 2. The first kappa shape index (κ1) is 18.5. The molecule has 2 aromatic rings. The highest BCUT2D eigenvalue weighted by Crippen LogP contribution is 2.13. The van der Waals surface area contributed by atoms with Crippen LogP contribution in [0.25, 0.3) is 0 Å². The van der Waals surface area contributed by atoms with Crippen LogP contribution in [0.4, 0.5) is 0 Å². The summed E-state index contributed by atoms with van der Waals surface area (Å²) in [6, 6.07) is 15.4. The zero-order valence-electron chi connectivity index (χ0n) is 15.0. The van der Waals surface area contributed by atoms with Gasteiger partial charge >= 0.3 is 0 Å². The molecule has 0 spiro atoms. The standard InChI is InChI=1S/C21H23ClN2O2/c1-16-2-4-17(5-3-16)14-20(25)23-10-12-24(13-11-23)21(26)15-18-6-8-19(22)9-7-18/h2-9H,10-15H2,1H3. The number of benzene rings is 2. The Bertz CT molecular complexity index is 696. The number of hydrogen-bond donors (Lipinski definition) is 0. The average molecular weight is 371 g/mol. The fraction of sp³-hybridized carbons (Fsp3) is 0.333. The van der Waals surface area contributed by atoms with Gasteiger partial charge in [-0.3, -0.25) is 9.59 Å². The Morgan fingerprint density at radius 1 is 0.769 bits per heavy atom. The van der Waals surface area contributed by atoms with Gasteiger partial charge in [0.15, 0.2) is 0 Å². The molecule has 136 valence electrons. The normalized spacial score (nSPS) is 14.4. The Hall–Kier alpha value is -2.33. The highest BCUT2D eigenvalue weighted by atomic mass is 35.5. The lowest BCUT2D eigenvalue weighted by atomic mass is 10.1. The smallest absolute Gasteiger partial charge is 0.227 e. The molecule has 0 radical (unpaired) electrons. The van der Waals surface area contributed by atoms with Crippen LogP contribution in [0.2, 0.25) is 5.02 Å². The van der Waals surface area contributed by atoms with Gasteiger partial charge in [0.05, 0.1) is 12.8 Å². The first-order valence-corrected chi connectivity index (χ1v) is 9.24. The monoisotopic (exact) mass is 370 g/mol. The van der Waals surface area contributed by atoms with Gasteiger partial charge < -0.3 is 9.80 Å². The highest BCUT2D eigenvalue weighted by Gasteiger charge is 2.24. The summed E-state index contributed by atoms with van der Waals surface area (Å²) in [5.41, 5.74) is 3.17. The molecule has 3 rings (SSSR count). The van der Waals surface area contributed by atoms with Crippen LogP contribution in [0.15, 0.2) is 48.5 Å². The van der Waals surface area contributed by atoms with Crippen molar-refractivity contribution in [3.8, 4) is 0 Å². The second kappa shape index (κ2) is 8.37. The van der Waals surface area contributed by atoms with E-state index in [9.17, 15) is 9.59 Å². The first-order chi connectivity index (χ1) is 12.5. The molecule has 26 heavy (non-hydrogen) atoms. The van der Waals surface area contributed by atoms with E-state index >= 15 is 0 Å². The molecule has 1 aliphatic rings. The Morgan fingerprint density at radius 3 is 1.58 bits per heavy atom. The number of carbonyl (C=O) groups is 2. The summed E-state index contributed by atoms with van der Waals surface area (Å²) in [7, 11) is 0. The van der Waals surface area contributed by atoms with Crippen molar-refractivity contribution in [2.75, 3.05) is 26.2 Å². The number of rotatable bonds is 4. The van der Waals surface area contributed by atoms with Crippen LogP contribution in [-0.4, -0.2) is 47.8 Å². The fourth-order valence-corrected chi connectivity index (χ4v) is 3.21. The topological polar surface area (TPSA) is 40.6 Å². The van der Waals surface area contributed by atoms with Crippen LogP contribution >= 0.6 is 11.6 Å². The Morgan fingerprint density at radius 2 is 1.15 bits per heavy atom. The molecule has 0 atom stereocenters. The molecule has 1 heterocycles. The number of halogens is 1. The summed E-state index contributed by atoms with van der Waals surface area (Å²) in [6.45, 7) is 4.40. The van der Waals surface area contributed by atoms with Gasteiger partial charge in [-0.1, -0.05) is 53.6 Å². The molecule has 0 N–H and O–H groups in total. The molecular formula is C21H23ClN2O2. The van der Waals surface area contributed by atoms with Gasteiger partial charge in [-0.25, -0.2) is 0 Å². The molecule has 0 unspecified atom stereocenters. The van der Waals surface area contributed by atoms with E-state index < -0.39 is 0 Å². The Balaban J connectivity index is 1.48. The van der Waals surface area contributed by atoms with E-state index in [4.69, 9.17) is 11.6 Å². The lowest BCUT2D eigenvalue weighted by Gasteiger charge is -2.35. The van der Waals surface area contributed by atoms with E-state index in [0.29, 0.717) is 44.0 Å². The first-order valence-electron chi connectivity index (χ1n) is 8.87. The van der Waals surface area contributed by atoms with Crippen molar-refractivity contribution in [3.05, 3.63) is 70.2 Å². The average Bonchev–Trinajstić information content (AvgIpc) is 2.65. The predicted molar refractivity (Wildman–Crippen MR) is 103 cm³/mol. The minimum Gasteiger partial charge on any atom is -0.339 e. The molecule has 4 nitrogen and oxygen atoms in total. The van der Waals surface area contributed by atoms with Crippen molar-refractivity contribution in [3.63, 3.8) is 0 Å². The second-order valence-corrected chi connectivity index (χ2v) is 7.16. The maximum atomic E-state index is 12.5. The lowest BCUT2D eigenvalue weighted by molar-refractivity contribution is -0.138. The van der Waals surface area contributed by atoms with Gasteiger partial charge in [0.25, 0.3) is 0 Å².